The predicted octanol–water partition coefficient (Wildman–Crippen LogP) is 3.09. The van der Waals surface area contributed by atoms with E-state index in [4.69, 9.17) is 4.74 Å². The molecule has 1 unspecified atom stereocenters. The van der Waals surface area contributed by atoms with Crippen LogP contribution in [0, 0.1) is 0 Å². The number of phenols is 1. The van der Waals surface area contributed by atoms with Crippen molar-refractivity contribution >= 4 is 12.1 Å². The molecule has 25 heavy (non-hydrogen) atoms. The molecule has 0 heterocycles. The summed E-state index contributed by atoms with van der Waals surface area (Å²) in [6.07, 6.45) is -0.158. The van der Waals surface area contributed by atoms with Crippen LogP contribution < -0.4 is 5.32 Å². The second-order valence-electron chi connectivity index (χ2n) is 5.99. The summed E-state index contributed by atoms with van der Waals surface area (Å²) in [6.45, 7) is 1.51. The molecule has 132 valence electrons. The number of carboxylic acid groups (broad SMARTS) is 1. The lowest BCUT2D eigenvalue weighted by Crippen LogP contribution is -2.52. The predicted molar refractivity (Wildman–Crippen MR) is 92.2 cm³/mol. The van der Waals surface area contributed by atoms with Gasteiger partial charge in [0.05, 0.1) is 0 Å². The number of rotatable bonds is 7. The molecule has 0 aliphatic heterocycles. The Morgan fingerprint density at radius 3 is 2.28 bits per heavy atom. The molecule has 1 amide bonds. The van der Waals surface area contributed by atoms with Gasteiger partial charge in [0, 0.05) is 0 Å². The van der Waals surface area contributed by atoms with E-state index in [0.29, 0.717) is 6.42 Å². The standard InChI is InChI=1S/C19H21NO5/c1-19(17(22)23,12-11-14-7-9-16(21)10-8-14)20-18(24)25-13-15-5-3-2-4-6-15/h2-10,21H,11-13H2,1H3,(H,20,24)(H,22,23). The lowest BCUT2D eigenvalue weighted by Gasteiger charge is -2.26. The Balaban J connectivity index is 1.92. The highest BCUT2D eigenvalue weighted by atomic mass is 16.5. The highest BCUT2D eigenvalue weighted by molar-refractivity contribution is 5.83. The Kier molecular flexibility index (Phi) is 6.00. The molecule has 0 spiro atoms. The Hall–Kier alpha value is -3.02. The first-order chi connectivity index (χ1) is 11.9. The number of carbonyl (C=O) groups is 2. The lowest BCUT2D eigenvalue weighted by molar-refractivity contribution is -0.144. The average molecular weight is 343 g/mol. The number of aliphatic carboxylic acids is 1. The van der Waals surface area contributed by atoms with E-state index in [2.05, 4.69) is 5.32 Å². The molecule has 0 aromatic heterocycles. The molecule has 2 rings (SSSR count). The topological polar surface area (TPSA) is 95.9 Å². The molecule has 0 fully saturated rings. The van der Waals surface area contributed by atoms with E-state index in [9.17, 15) is 19.8 Å². The number of carbonyl (C=O) groups excluding carboxylic acids is 1. The third-order valence-corrected chi connectivity index (χ3v) is 3.91. The van der Waals surface area contributed by atoms with E-state index < -0.39 is 17.6 Å². The molecular weight excluding hydrogens is 322 g/mol. The minimum absolute atomic E-state index is 0.0698. The summed E-state index contributed by atoms with van der Waals surface area (Å²) < 4.78 is 5.10. The van der Waals surface area contributed by atoms with E-state index in [0.717, 1.165) is 11.1 Å². The van der Waals surface area contributed by atoms with Crippen LogP contribution in [0.2, 0.25) is 0 Å². The number of amides is 1. The van der Waals surface area contributed by atoms with Gasteiger partial charge in [0.25, 0.3) is 0 Å². The first kappa shape index (κ1) is 18.3. The van der Waals surface area contributed by atoms with Crippen molar-refractivity contribution in [3.05, 3.63) is 65.7 Å². The SMILES string of the molecule is CC(CCc1ccc(O)cc1)(NC(=O)OCc1ccccc1)C(=O)O. The zero-order valence-corrected chi connectivity index (χ0v) is 13.9. The molecule has 2 aromatic rings. The van der Waals surface area contributed by atoms with E-state index in [1.165, 1.54) is 19.1 Å². The largest absolute Gasteiger partial charge is 0.508 e. The molecule has 6 nitrogen and oxygen atoms in total. The van der Waals surface area contributed by atoms with Crippen molar-refractivity contribution in [1.82, 2.24) is 5.32 Å². The van der Waals surface area contributed by atoms with E-state index >= 15 is 0 Å². The van der Waals surface area contributed by atoms with Gasteiger partial charge in [0.1, 0.15) is 17.9 Å². The van der Waals surface area contributed by atoms with Gasteiger partial charge in [-0.3, -0.25) is 0 Å². The van der Waals surface area contributed by atoms with E-state index in [1.54, 1.807) is 12.1 Å². The fraction of sp³-hybridized carbons (Fsp3) is 0.263. The van der Waals surface area contributed by atoms with Crippen molar-refractivity contribution < 1.29 is 24.5 Å². The van der Waals surface area contributed by atoms with E-state index in [1.807, 2.05) is 30.3 Å². The van der Waals surface area contributed by atoms with Gasteiger partial charge in [0.15, 0.2) is 0 Å². The normalized spacial score (nSPS) is 12.8. The van der Waals surface area contributed by atoms with Crippen LogP contribution >= 0.6 is 0 Å². The summed E-state index contributed by atoms with van der Waals surface area (Å²) in [4.78, 5) is 23.6. The van der Waals surface area contributed by atoms with Crippen molar-refractivity contribution in [1.29, 1.82) is 0 Å². The van der Waals surface area contributed by atoms with Crippen LogP contribution in [0.1, 0.15) is 24.5 Å². The molecule has 6 heteroatoms. The number of ether oxygens (including phenoxy) is 1. The van der Waals surface area contributed by atoms with Gasteiger partial charge in [-0.25, -0.2) is 9.59 Å². The fourth-order valence-corrected chi connectivity index (χ4v) is 2.26. The molecule has 0 saturated heterocycles. The maximum atomic E-state index is 12.0. The first-order valence-corrected chi connectivity index (χ1v) is 7.89. The molecule has 2 aromatic carbocycles. The van der Waals surface area contributed by atoms with Crippen molar-refractivity contribution in [3.8, 4) is 5.75 Å². The summed E-state index contributed by atoms with van der Waals surface area (Å²) in [7, 11) is 0. The Morgan fingerprint density at radius 2 is 1.68 bits per heavy atom. The van der Waals surface area contributed by atoms with Gasteiger partial charge in [0.2, 0.25) is 0 Å². The van der Waals surface area contributed by atoms with Crippen LogP contribution in [0.3, 0.4) is 0 Å². The molecular formula is C19H21NO5. The number of hydrogen-bond donors (Lipinski definition) is 3. The number of aryl methyl sites for hydroxylation is 1. The zero-order valence-electron chi connectivity index (χ0n) is 13.9. The monoisotopic (exact) mass is 343 g/mol. The molecule has 0 radical (unpaired) electrons. The maximum absolute atomic E-state index is 12.0. The number of phenolic OH excluding ortho intramolecular Hbond substituents is 1. The smallest absolute Gasteiger partial charge is 0.408 e. The van der Waals surface area contributed by atoms with Crippen molar-refractivity contribution in [2.45, 2.75) is 31.9 Å². The van der Waals surface area contributed by atoms with Crippen LogP contribution in [0.4, 0.5) is 4.79 Å². The second kappa shape index (κ2) is 8.19. The number of hydrogen-bond acceptors (Lipinski definition) is 4. The minimum atomic E-state index is -1.45. The molecule has 3 N–H and O–H groups in total. The molecule has 0 bridgehead atoms. The van der Waals surface area contributed by atoms with Gasteiger partial charge in [-0.05, 0) is 43.0 Å². The highest BCUT2D eigenvalue weighted by Crippen LogP contribution is 2.17. The number of nitrogens with one attached hydrogen (secondary N) is 1. The Morgan fingerprint density at radius 1 is 1.04 bits per heavy atom. The van der Waals surface area contributed by atoms with Gasteiger partial charge < -0.3 is 20.3 Å². The zero-order chi connectivity index (χ0) is 18.3. The summed E-state index contributed by atoms with van der Waals surface area (Å²) in [6, 6.07) is 15.6. The van der Waals surface area contributed by atoms with Crippen LogP contribution in [-0.4, -0.2) is 27.8 Å². The van der Waals surface area contributed by atoms with Gasteiger partial charge >= 0.3 is 12.1 Å². The average Bonchev–Trinajstić information content (AvgIpc) is 2.60. The van der Waals surface area contributed by atoms with Crippen LogP contribution in [0.5, 0.6) is 5.75 Å². The molecule has 1 atom stereocenters. The van der Waals surface area contributed by atoms with Crippen molar-refractivity contribution in [2.75, 3.05) is 0 Å². The fourth-order valence-electron chi connectivity index (χ4n) is 2.26. The Bertz CT molecular complexity index is 714. The third kappa shape index (κ3) is 5.53. The second-order valence-corrected chi connectivity index (χ2v) is 5.99. The minimum Gasteiger partial charge on any atom is -0.508 e. The third-order valence-electron chi connectivity index (χ3n) is 3.91. The van der Waals surface area contributed by atoms with Crippen molar-refractivity contribution in [2.24, 2.45) is 0 Å². The summed E-state index contributed by atoms with van der Waals surface area (Å²) in [5.41, 5.74) is 0.231. The van der Waals surface area contributed by atoms with Crippen molar-refractivity contribution in [3.63, 3.8) is 0 Å². The summed E-state index contributed by atoms with van der Waals surface area (Å²) in [5, 5.41) is 21.2. The molecule has 0 saturated carbocycles. The molecule has 0 aliphatic carbocycles. The number of alkyl carbamates (subject to hydrolysis) is 1. The first-order valence-electron chi connectivity index (χ1n) is 7.89. The highest BCUT2D eigenvalue weighted by Gasteiger charge is 2.35. The lowest BCUT2D eigenvalue weighted by atomic mass is 9.93. The Labute approximate surface area is 146 Å². The van der Waals surface area contributed by atoms with Crippen LogP contribution in [0.15, 0.2) is 54.6 Å². The van der Waals surface area contributed by atoms with Crippen LogP contribution in [0.25, 0.3) is 0 Å². The number of carboxylic acids is 1. The number of benzene rings is 2. The maximum Gasteiger partial charge on any atom is 0.408 e. The van der Waals surface area contributed by atoms with Gasteiger partial charge in [-0.15, -0.1) is 0 Å². The van der Waals surface area contributed by atoms with Gasteiger partial charge in [-0.2, -0.15) is 0 Å². The van der Waals surface area contributed by atoms with E-state index in [-0.39, 0.29) is 18.8 Å². The quantitative estimate of drug-likeness (QED) is 0.718. The molecule has 0 aliphatic rings. The summed E-state index contributed by atoms with van der Waals surface area (Å²) in [5.74, 6) is -0.990. The summed E-state index contributed by atoms with van der Waals surface area (Å²) >= 11 is 0. The van der Waals surface area contributed by atoms with Gasteiger partial charge in [-0.1, -0.05) is 42.5 Å². The van der Waals surface area contributed by atoms with Crippen LogP contribution in [-0.2, 0) is 22.6 Å². The number of aromatic hydroxyl groups is 1.